The van der Waals surface area contributed by atoms with Crippen LogP contribution >= 0.6 is 0 Å². The van der Waals surface area contributed by atoms with Crippen LogP contribution in [0.1, 0.15) is 32.4 Å². The Hall–Kier alpha value is -1.03. The molecule has 102 valence electrons. The Kier molecular flexibility index (Phi) is 4.27. The van der Waals surface area contributed by atoms with Gasteiger partial charge in [-0.1, -0.05) is 13.8 Å². The van der Waals surface area contributed by atoms with E-state index in [1.165, 1.54) is 19.5 Å². The minimum Gasteiger partial charge on any atom is -0.353 e. The van der Waals surface area contributed by atoms with Crippen molar-refractivity contribution in [3.05, 3.63) is 11.9 Å². The highest BCUT2D eigenvalue weighted by Gasteiger charge is 2.25. The minimum atomic E-state index is 0.554. The van der Waals surface area contributed by atoms with Gasteiger partial charge in [0, 0.05) is 25.3 Å². The van der Waals surface area contributed by atoms with E-state index >= 15 is 0 Å². The molecular weight excluding hydrogens is 224 g/mol. The summed E-state index contributed by atoms with van der Waals surface area (Å²) in [4.78, 5) is 7.02. The summed E-state index contributed by atoms with van der Waals surface area (Å²) in [6, 6.07) is 0.554. The fraction of sp³-hybridized carbons (Fsp3) is 0.786. The van der Waals surface area contributed by atoms with E-state index in [1.54, 1.807) is 0 Å². The SMILES string of the molecule is CCCn1cc(C)nc1NC1CCN(C)CC1C. The van der Waals surface area contributed by atoms with E-state index in [0.29, 0.717) is 12.0 Å². The maximum Gasteiger partial charge on any atom is 0.203 e. The van der Waals surface area contributed by atoms with Crippen LogP contribution in [0.15, 0.2) is 6.20 Å². The predicted molar refractivity (Wildman–Crippen MR) is 75.9 cm³/mol. The zero-order valence-electron chi connectivity index (χ0n) is 12.1. The number of aromatic nitrogens is 2. The van der Waals surface area contributed by atoms with Gasteiger partial charge in [0.2, 0.25) is 5.95 Å². The number of nitrogens with zero attached hydrogens (tertiary/aromatic N) is 3. The number of anilines is 1. The first kappa shape index (κ1) is 13.4. The lowest BCUT2D eigenvalue weighted by Crippen LogP contribution is -2.43. The van der Waals surface area contributed by atoms with Gasteiger partial charge >= 0.3 is 0 Å². The molecule has 0 radical (unpaired) electrons. The highest BCUT2D eigenvalue weighted by molar-refractivity contribution is 5.30. The van der Waals surface area contributed by atoms with Gasteiger partial charge < -0.3 is 14.8 Å². The first-order valence-electron chi connectivity index (χ1n) is 7.09. The third-order valence-corrected chi connectivity index (χ3v) is 3.78. The van der Waals surface area contributed by atoms with Gasteiger partial charge in [0.25, 0.3) is 0 Å². The van der Waals surface area contributed by atoms with Gasteiger partial charge in [-0.15, -0.1) is 0 Å². The van der Waals surface area contributed by atoms with Crippen LogP contribution in [0.3, 0.4) is 0 Å². The van der Waals surface area contributed by atoms with E-state index in [2.05, 4.69) is 53.8 Å². The van der Waals surface area contributed by atoms with Crippen LogP contribution in [-0.4, -0.2) is 40.6 Å². The quantitative estimate of drug-likeness (QED) is 0.890. The van der Waals surface area contributed by atoms with Gasteiger partial charge in [0.15, 0.2) is 0 Å². The molecule has 4 nitrogen and oxygen atoms in total. The van der Waals surface area contributed by atoms with Crippen molar-refractivity contribution in [2.75, 3.05) is 25.5 Å². The third-order valence-electron chi connectivity index (χ3n) is 3.78. The first-order chi connectivity index (χ1) is 8.60. The van der Waals surface area contributed by atoms with Gasteiger partial charge in [-0.05, 0) is 39.3 Å². The van der Waals surface area contributed by atoms with Crippen LogP contribution in [0.25, 0.3) is 0 Å². The molecule has 1 aromatic heterocycles. The normalized spacial score (nSPS) is 25.3. The second kappa shape index (κ2) is 5.74. The molecule has 1 aliphatic rings. The van der Waals surface area contributed by atoms with E-state index in [0.717, 1.165) is 24.6 Å². The summed E-state index contributed by atoms with van der Waals surface area (Å²) in [5, 5.41) is 3.65. The number of hydrogen-bond acceptors (Lipinski definition) is 3. The summed E-state index contributed by atoms with van der Waals surface area (Å²) >= 11 is 0. The Morgan fingerprint density at radius 3 is 2.94 bits per heavy atom. The number of aryl methyl sites for hydroxylation is 2. The van der Waals surface area contributed by atoms with Crippen molar-refractivity contribution in [1.29, 1.82) is 0 Å². The van der Waals surface area contributed by atoms with Gasteiger partial charge in [-0.2, -0.15) is 0 Å². The van der Waals surface area contributed by atoms with Crippen LogP contribution in [0, 0.1) is 12.8 Å². The standard InChI is InChI=1S/C14H26N4/c1-5-7-18-10-12(3)15-14(18)16-13-6-8-17(4)9-11(13)2/h10-11,13H,5-9H2,1-4H3,(H,15,16). The molecule has 0 saturated carbocycles. The topological polar surface area (TPSA) is 33.1 Å². The van der Waals surface area contributed by atoms with Gasteiger partial charge in [0.05, 0.1) is 5.69 Å². The van der Waals surface area contributed by atoms with Crippen molar-refractivity contribution < 1.29 is 0 Å². The highest BCUT2D eigenvalue weighted by Crippen LogP contribution is 2.20. The van der Waals surface area contributed by atoms with Gasteiger partial charge in [-0.3, -0.25) is 0 Å². The average molecular weight is 250 g/mol. The summed E-state index contributed by atoms with van der Waals surface area (Å²) in [6.45, 7) is 9.99. The Bertz CT molecular complexity index is 385. The van der Waals surface area contributed by atoms with Crippen LogP contribution in [0.5, 0.6) is 0 Å². The van der Waals surface area contributed by atoms with Gasteiger partial charge in [0.1, 0.15) is 0 Å². The van der Waals surface area contributed by atoms with E-state index in [1.807, 2.05) is 0 Å². The van der Waals surface area contributed by atoms with E-state index < -0.39 is 0 Å². The molecule has 0 aliphatic carbocycles. The second-order valence-electron chi connectivity index (χ2n) is 5.68. The third kappa shape index (κ3) is 3.05. The Morgan fingerprint density at radius 2 is 2.28 bits per heavy atom. The van der Waals surface area contributed by atoms with E-state index in [-0.39, 0.29) is 0 Å². The molecule has 2 heterocycles. The maximum atomic E-state index is 4.62. The number of likely N-dealkylation sites (tertiary alicyclic amines) is 1. The lowest BCUT2D eigenvalue weighted by atomic mass is 9.94. The van der Waals surface area contributed by atoms with Crippen molar-refractivity contribution >= 4 is 5.95 Å². The molecule has 18 heavy (non-hydrogen) atoms. The number of imidazole rings is 1. The maximum absolute atomic E-state index is 4.62. The van der Waals surface area contributed by atoms with Crippen molar-refractivity contribution in [2.24, 2.45) is 5.92 Å². The van der Waals surface area contributed by atoms with E-state index in [4.69, 9.17) is 0 Å². The summed E-state index contributed by atoms with van der Waals surface area (Å²) in [7, 11) is 2.20. The second-order valence-corrected chi connectivity index (χ2v) is 5.68. The largest absolute Gasteiger partial charge is 0.353 e. The lowest BCUT2D eigenvalue weighted by Gasteiger charge is -2.35. The summed E-state index contributed by atoms with van der Waals surface area (Å²) in [5.74, 6) is 1.73. The van der Waals surface area contributed by atoms with Gasteiger partial charge in [-0.25, -0.2) is 4.98 Å². The van der Waals surface area contributed by atoms with Crippen molar-refractivity contribution in [1.82, 2.24) is 14.5 Å². The monoisotopic (exact) mass is 250 g/mol. The number of rotatable bonds is 4. The molecule has 1 aromatic rings. The Balaban J connectivity index is 2.04. The fourth-order valence-corrected chi connectivity index (χ4v) is 2.81. The molecule has 0 spiro atoms. The number of hydrogen-bond donors (Lipinski definition) is 1. The Labute approximate surface area is 110 Å². The van der Waals surface area contributed by atoms with Crippen LogP contribution < -0.4 is 5.32 Å². The van der Waals surface area contributed by atoms with Crippen LogP contribution in [0.2, 0.25) is 0 Å². The molecule has 4 heteroatoms. The lowest BCUT2D eigenvalue weighted by molar-refractivity contribution is 0.205. The molecule has 0 bridgehead atoms. The highest BCUT2D eigenvalue weighted by atomic mass is 15.2. The Morgan fingerprint density at radius 1 is 1.50 bits per heavy atom. The van der Waals surface area contributed by atoms with Crippen molar-refractivity contribution in [3.63, 3.8) is 0 Å². The van der Waals surface area contributed by atoms with E-state index in [9.17, 15) is 0 Å². The molecule has 2 unspecified atom stereocenters. The smallest absolute Gasteiger partial charge is 0.203 e. The molecule has 0 amide bonds. The van der Waals surface area contributed by atoms with Crippen molar-refractivity contribution in [2.45, 2.75) is 46.2 Å². The van der Waals surface area contributed by atoms with Crippen LogP contribution in [0.4, 0.5) is 5.95 Å². The summed E-state index contributed by atoms with van der Waals surface area (Å²) in [5.41, 5.74) is 1.10. The molecule has 2 rings (SSSR count). The number of piperidine rings is 1. The number of nitrogens with one attached hydrogen (secondary N) is 1. The molecule has 0 aromatic carbocycles. The molecule has 1 saturated heterocycles. The minimum absolute atomic E-state index is 0.554. The predicted octanol–water partition coefficient (Wildman–Crippen LogP) is 2.35. The fourth-order valence-electron chi connectivity index (χ4n) is 2.81. The summed E-state index contributed by atoms with van der Waals surface area (Å²) < 4.78 is 2.25. The van der Waals surface area contributed by atoms with Crippen LogP contribution in [-0.2, 0) is 6.54 Å². The molecule has 1 N–H and O–H groups in total. The molecule has 2 atom stereocenters. The molecular formula is C14H26N4. The first-order valence-corrected chi connectivity index (χ1v) is 7.09. The zero-order chi connectivity index (χ0) is 13.1. The molecule has 1 fully saturated rings. The molecule has 1 aliphatic heterocycles. The average Bonchev–Trinajstić information content (AvgIpc) is 2.64. The van der Waals surface area contributed by atoms with Crippen molar-refractivity contribution in [3.8, 4) is 0 Å². The zero-order valence-corrected chi connectivity index (χ0v) is 12.1. The summed E-state index contributed by atoms with van der Waals surface area (Å²) in [6.07, 6.45) is 4.49.